The molecule has 0 bridgehead atoms. The Morgan fingerprint density at radius 1 is 1.60 bits per heavy atom. The van der Waals surface area contributed by atoms with Crippen LogP contribution in [0.2, 0.25) is 0 Å². The molecule has 2 heterocycles. The van der Waals surface area contributed by atoms with E-state index in [1.807, 2.05) is 31.4 Å². The van der Waals surface area contributed by atoms with Crippen LogP contribution in [0.1, 0.15) is 34.4 Å². The van der Waals surface area contributed by atoms with Crippen LogP contribution >= 0.6 is 22.7 Å². The summed E-state index contributed by atoms with van der Waals surface area (Å²) in [5.74, 6) is 0.200. The largest absolute Gasteiger partial charge is 0.382 e. The SMILES string of the molecule is CCNc1nc(N)c(C(=O)N(C)C(C)c2cccs2)s1. The summed E-state index contributed by atoms with van der Waals surface area (Å²) in [5.41, 5.74) is 5.84. The van der Waals surface area contributed by atoms with E-state index in [-0.39, 0.29) is 11.9 Å². The van der Waals surface area contributed by atoms with Crippen molar-refractivity contribution in [2.45, 2.75) is 19.9 Å². The van der Waals surface area contributed by atoms with E-state index in [4.69, 9.17) is 5.73 Å². The number of rotatable bonds is 5. The van der Waals surface area contributed by atoms with Crippen LogP contribution in [0.15, 0.2) is 17.5 Å². The van der Waals surface area contributed by atoms with E-state index in [1.54, 1.807) is 23.3 Å². The molecule has 0 aliphatic rings. The molecule has 0 fully saturated rings. The Bertz CT molecular complexity index is 579. The molecule has 2 aromatic rings. The fourth-order valence-electron chi connectivity index (χ4n) is 1.77. The minimum absolute atomic E-state index is 0.0200. The second-order valence-corrected chi connectivity index (χ2v) is 6.35. The van der Waals surface area contributed by atoms with Crippen molar-refractivity contribution in [1.82, 2.24) is 9.88 Å². The number of nitrogens with one attached hydrogen (secondary N) is 1. The van der Waals surface area contributed by atoms with Gasteiger partial charge >= 0.3 is 0 Å². The number of carbonyl (C=O) groups is 1. The Morgan fingerprint density at radius 3 is 2.95 bits per heavy atom. The summed E-state index contributed by atoms with van der Waals surface area (Å²) >= 11 is 2.94. The molecule has 7 heteroatoms. The van der Waals surface area contributed by atoms with Gasteiger partial charge in [-0.1, -0.05) is 17.4 Å². The smallest absolute Gasteiger partial charge is 0.268 e. The van der Waals surface area contributed by atoms with Crippen molar-refractivity contribution in [2.75, 3.05) is 24.6 Å². The number of aromatic nitrogens is 1. The van der Waals surface area contributed by atoms with Crippen molar-refractivity contribution in [3.05, 3.63) is 27.3 Å². The third-order valence-corrected chi connectivity index (χ3v) is 5.09. The summed E-state index contributed by atoms with van der Waals surface area (Å²) in [6.07, 6.45) is 0. The van der Waals surface area contributed by atoms with Crippen LogP contribution in [-0.2, 0) is 0 Å². The summed E-state index contributed by atoms with van der Waals surface area (Å²) in [5, 5.41) is 5.77. The summed E-state index contributed by atoms with van der Waals surface area (Å²) in [6, 6.07) is 4.03. The molecule has 5 nitrogen and oxygen atoms in total. The highest BCUT2D eigenvalue weighted by Crippen LogP contribution is 2.30. The summed E-state index contributed by atoms with van der Waals surface area (Å²) in [7, 11) is 1.79. The number of hydrogen-bond acceptors (Lipinski definition) is 6. The van der Waals surface area contributed by atoms with E-state index in [2.05, 4.69) is 10.3 Å². The lowest BCUT2D eigenvalue weighted by molar-refractivity contribution is 0.0750. The van der Waals surface area contributed by atoms with Crippen LogP contribution < -0.4 is 11.1 Å². The molecule has 3 N–H and O–H groups in total. The Labute approximate surface area is 126 Å². The highest BCUT2D eigenvalue weighted by atomic mass is 32.1. The third kappa shape index (κ3) is 2.94. The number of nitrogens with zero attached hydrogens (tertiary/aromatic N) is 2. The molecule has 0 spiro atoms. The summed E-state index contributed by atoms with van der Waals surface area (Å²) < 4.78 is 0. The average Bonchev–Trinajstić information content (AvgIpc) is 3.06. The molecule has 0 aliphatic carbocycles. The van der Waals surface area contributed by atoms with Gasteiger partial charge in [-0.25, -0.2) is 4.98 Å². The fourth-order valence-corrected chi connectivity index (χ4v) is 3.53. The van der Waals surface area contributed by atoms with Crippen LogP contribution in [-0.4, -0.2) is 29.4 Å². The van der Waals surface area contributed by atoms with Gasteiger partial charge in [-0.3, -0.25) is 4.79 Å². The number of amides is 1. The maximum absolute atomic E-state index is 12.5. The Morgan fingerprint density at radius 2 is 2.35 bits per heavy atom. The Balaban J connectivity index is 2.18. The molecular weight excluding hydrogens is 292 g/mol. The predicted molar refractivity (Wildman–Crippen MR) is 85.5 cm³/mol. The monoisotopic (exact) mass is 310 g/mol. The molecule has 0 aromatic carbocycles. The van der Waals surface area contributed by atoms with E-state index in [9.17, 15) is 4.79 Å². The third-order valence-electron chi connectivity index (χ3n) is 3.03. The molecule has 1 unspecified atom stereocenters. The van der Waals surface area contributed by atoms with E-state index < -0.39 is 0 Å². The zero-order chi connectivity index (χ0) is 14.7. The normalized spacial score (nSPS) is 12.2. The van der Waals surface area contributed by atoms with Gasteiger partial charge in [0.25, 0.3) is 5.91 Å². The van der Waals surface area contributed by atoms with Crippen molar-refractivity contribution in [3.8, 4) is 0 Å². The highest BCUT2D eigenvalue weighted by molar-refractivity contribution is 7.18. The second-order valence-electron chi connectivity index (χ2n) is 4.37. The van der Waals surface area contributed by atoms with Gasteiger partial charge in [0.05, 0.1) is 6.04 Å². The number of thiophene rings is 1. The number of hydrogen-bond donors (Lipinski definition) is 2. The lowest BCUT2D eigenvalue weighted by Crippen LogP contribution is -2.29. The van der Waals surface area contributed by atoms with Gasteiger partial charge in [0.2, 0.25) is 0 Å². The van der Waals surface area contributed by atoms with Gasteiger partial charge in [0.1, 0.15) is 10.7 Å². The predicted octanol–water partition coefficient (Wildman–Crippen LogP) is 3.05. The van der Waals surface area contributed by atoms with Crippen LogP contribution in [0.5, 0.6) is 0 Å². The van der Waals surface area contributed by atoms with Crippen molar-refractivity contribution in [2.24, 2.45) is 0 Å². The van der Waals surface area contributed by atoms with Gasteiger partial charge in [0.15, 0.2) is 5.13 Å². The van der Waals surface area contributed by atoms with Gasteiger partial charge in [-0.2, -0.15) is 0 Å². The molecule has 0 radical (unpaired) electrons. The number of thiazole rings is 1. The molecule has 0 saturated heterocycles. The second kappa shape index (κ2) is 6.23. The Kier molecular flexibility index (Phi) is 4.61. The number of nitrogens with two attached hydrogens (primary N) is 1. The lowest BCUT2D eigenvalue weighted by Gasteiger charge is -2.23. The standard InChI is InChI=1S/C13H18N4OS2/c1-4-15-13-16-11(14)10(20-13)12(18)17(3)8(2)9-6-5-7-19-9/h5-8H,4,14H2,1-3H3,(H,15,16). The van der Waals surface area contributed by atoms with E-state index in [1.165, 1.54) is 11.3 Å². The minimum atomic E-state index is -0.0925. The summed E-state index contributed by atoms with van der Waals surface area (Å²) in [6.45, 7) is 4.73. The van der Waals surface area contributed by atoms with Gasteiger partial charge in [-0.05, 0) is 25.3 Å². The first-order chi connectivity index (χ1) is 9.54. The minimum Gasteiger partial charge on any atom is -0.382 e. The Hall–Kier alpha value is -1.60. The topological polar surface area (TPSA) is 71.2 Å². The molecule has 1 atom stereocenters. The quantitative estimate of drug-likeness (QED) is 0.890. The molecular formula is C13H18N4OS2. The van der Waals surface area contributed by atoms with Crippen LogP contribution in [0.4, 0.5) is 10.9 Å². The summed E-state index contributed by atoms with van der Waals surface area (Å²) in [4.78, 5) is 20.0. The van der Waals surface area contributed by atoms with Crippen LogP contribution in [0.3, 0.4) is 0 Å². The lowest BCUT2D eigenvalue weighted by atomic mass is 10.2. The zero-order valence-electron chi connectivity index (χ0n) is 11.7. The van der Waals surface area contributed by atoms with Crippen LogP contribution in [0, 0.1) is 0 Å². The maximum atomic E-state index is 12.5. The molecule has 2 aromatic heterocycles. The molecule has 1 amide bonds. The number of nitrogen functional groups attached to an aromatic ring is 1. The van der Waals surface area contributed by atoms with Crippen molar-refractivity contribution < 1.29 is 4.79 Å². The van der Waals surface area contributed by atoms with E-state index in [0.29, 0.717) is 15.8 Å². The highest BCUT2D eigenvalue weighted by Gasteiger charge is 2.24. The first-order valence-electron chi connectivity index (χ1n) is 6.35. The molecule has 108 valence electrons. The first kappa shape index (κ1) is 14.8. The van der Waals surface area contributed by atoms with Gasteiger partial charge in [-0.15, -0.1) is 11.3 Å². The molecule has 2 rings (SSSR count). The van der Waals surface area contributed by atoms with Gasteiger partial charge < -0.3 is 16.0 Å². The fraction of sp³-hybridized carbons (Fsp3) is 0.385. The van der Waals surface area contributed by atoms with Crippen LogP contribution in [0.25, 0.3) is 0 Å². The maximum Gasteiger partial charge on any atom is 0.268 e. The first-order valence-corrected chi connectivity index (χ1v) is 8.05. The molecule has 0 aliphatic heterocycles. The van der Waals surface area contributed by atoms with Crippen molar-refractivity contribution in [3.63, 3.8) is 0 Å². The number of carbonyl (C=O) groups excluding carboxylic acids is 1. The van der Waals surface area contributed by atoms with Crippen molar-refractivity contribution >= 4 is 39.5 Å². The van der Waals surface area contributed by atoms with Gasteiger partial charge in [0, 0.05) is 18.5 Å². The zero-order valence-corrected chi connectivity index (χ0v) is 13.3. The van der Waals surface area contributed by atoms with E-state index >= 15 is 0 Å². The van der Waals surface area contributed by atoms with Crippen molar-refractivity contribution in [1.29, 1.82) is 0 Å². The molecule has 0 saturated carbocycles. The average molecular weight is 310 g/mol. The molecule has 20 heavy (non-hydrogen) atoms. The van der Waals surface area contributed by atoms with E-state index in [0.717, 1.165) is 11.4 Å². The number of anilines is 2.